The van der Waals surface area contributed by atoms with Crippen LogP contribution in [0.4, 0.5) is 0 Å². The Morgan fingerprint density at radius 3 is 2.88 bits per heavy atom. The molecule has 2 heteroatoms. The summed E-state index contributed by atoms with van der Waals surface area (Å²) in [6, 6.07) is 0. The van der Waals surface area contributed by atoms with E-state index in [1.807, 2.05) is 0 Å². The molecule has 0 aromatic heterocycles. The molecule has 0 N–H and O–H groups in total. The molecule has 0 fully saturated rings. The Morgan fingerprint density at radius 1 is 1.62 bits per heavy atom. The van der Waals surface area contributed by atoms with Gasteiger partial charge >= 0.3 is 0 Å². The molecule has 0 unspecified atom stereocenters. The summed E-state index contributed by atoms with van der Waals surface area (Å²) in [5.41, 5.74) is 0. The van der Waals surface area contributed by atoms with E-state index in [9.17, 15) is 0 Å². The topological polar surface area (TPSA) is 9.23 Å². The Kier molecular flexibility index (Phi) is 6.76. The average molecular weight is 130 g/mol. The summed E-state index contributed by atoms with van der Waals surface area (Å²) in [6.07, 6.45) is 0. The Hall–Kier alpha value is -0.130. The Labute approximate surface area is 55.8 Å². The standard InChI is InChI=1S/C6H10OS/c1-2-3-4-7-5-6-8/h8H,4-6H2,1H3. The van der Waals surface area contributed by atoms with Crippen LogP contribution in [-0.2, 0) is 4.74 Å². The summed E-state index contributed by atoms with van der Waals surface area (Å²) in [5.74, 6) is 6.27. The van der Waals surface area contributed by atoms with E-state index in [4.69, 9.17) is 4.74 Å². The van der Waals surface area contributed by atoms with Crippen molar-refractivity contribution in [2.75, 3.05) is 19.0 Å². The minimum absolute atomic E-state index is 0.539. The van der Waals surface area contributed by atoms with E-state index in [2.05, 4.69) is 24.5 Å². The van der Waals surface area contributed by atoms with Gasteiger partial charge in [0.1, 0.15) is 6.61 Å². The van der Waals surface area contributed by atoms with Crippen LogP contribution in [0, 0.1) is 11.8 Å². The van der Waals surface area contributed by atoms with E-state index < -0.39 is 0 Å². The van der Waals surface area contributed by atoms with Crippen molar-refractivity contribution in [1.29, 1.82) is 0 Å². The van der Waals surface area contributed by atoms with Gasteiger partial charge in [0.05, 0.1) is 6.61 Å². The zero-order valence-electron chi connectivity index (χ0n) is 4.98. The molecule has 0 saturated carbocycles. The van der Waals surface area contributed by atoms with Crippen LogP contribution in [-0.4, -0.2) is 19.0 Å². The highest BCUT2D eigenvalue weighted by Crippen LogP contribution is 1.75. The van der Waals surface area contributed by atoms with Gasteiger partial charge in [-0.3, -0.25) is 0 Å². The molecule has 0 rings (SSSR count). The van der Waals surface area contributed by atoms with Gasteiger partial charge in [0.15, 0.2) is 0 Å². The number of rotatable bonds is 3. The summed E-state index contributed by atoms with van der Waals surface area (Å²) in [6.45, 7) is 3.03. The average Bonchev–Trinajstić information content (AvgIpc) is 1.81. The Balaban J connectivity index is 2.79. The maximum Gasteiger partial charge on any atom is 0.107 e. The maximum atomic E-state index is 4.97. The minimum Gasteiger partial charge on any atom is -0.368 e. The highest BCUT2D eigenvalue weighted by atomic mass is 32.1. The van der Waals surface area contributed by atoms with E-state index in [0.717, 1.165) is 5.75 Å². The molecule has 46 valence electrons. The lowest BCUT2D eigenvalue weighted by Crippen LogP contribution is -1.94. The lowest BCUT2D eigenvalue weighted by atomic mass is 10.6. The van der Waals surface area contributed by atoms with Gasteiger partial charge in [0.25, 0.3) is 0 Å². The third kappa shape index (κ3) is 5.87. The summed E-state index contributed by atoms with van der Waals surface area (Å²) in [5, 5.41) is 0. The summed E-state index contributed by atoms with van der Waals surface area (Å²) in [4.78, 5) is 0. The predicted molar refractivity (Wildman–Crippen MR) is 38.1 cm³/mol. The lowest BCUT2D eigenvalue weighted by molar-refractivity contribution is 0.185. The fraction of sp³-hybridized carbons (Fsp3) is 0.667. The van der Waals surface area contributed by atoms with Crippen molar-refractivity contribution in [3.63, 3.8) is 0 Å². The lowest BCUT2D eigenvalue weighted by Gasteiger charge is -1.91. The molecule has 0 amide bonds. The van der Waals surface area contributed by atoms with Crippen LogP contribution in [0.3, 0.4) is 0 Å². The van der Waals surface area contributed by atoms with E-state index >= 15 is 0 Å². The van der Waals surface area contributed by atoms with Gasteiger partial charge in [0, 0.05) is 5.75 Å². The molecule has 0 saturated heterocycles. The van der Waals surface area contributed by atoms with Crippen molar-refractivity contribution in [1.82, 2.24) is 0 Å². The zero-order chi connectivity index (χ0) is 6.24. The van der Waals surface area contributed by atoms with E-state index in [1.54, 1.807) is 6.92 Å². The van der Waals surface area contributed by atoms with Crippen LogP contribution in [0.25, 0.3) is 0 Å². The van der Waals surface area contributed by atoms with Crippen LogP contribution in [0.1, 0.15) is 6.92 Å². The first kappa shape index (κ1) is 7.87. The summed E-state index contributed by atoms with van der Waals surface area (Å²) in [7, 11) is 0. The van der Waals surface area contributed by atoms with Crippen molar-refractivity contribution in [2.45, 2.75) is 6.92 Å². The smallest absolute Gasteiger partial charge is 0.107 e. The molecular formula is C6H10OS. The molecule has 0 spiro atoms. The Morgan fingerprint density at radius 2 is 2.38 bits per heavy atom. The van der Waals surface area contributed by atoms with Crippen LogP contribution in [0.5, 0.6) is 0 Å². The van der Waals surface area contributed by atoms with Gasteiger partial charge in [-0.05, 0) is 6.92 Å². The highest BCUT2D eigenvalue weighted by Gasteiger charge is 1.76. The molecule has 0 aromatic carbocycles. The second kappa shape index (κ2) is 6.87. The summed E-state index contributed by atoms with van der Waals surface area (Å²) >= 11 is 3.95. The van der Waals surface area contributed by atoms with Gasteiger partial charge in [-0.2, -0.15) is 12.6 Å². The first-order chi connectivity index (χ1) is 3.91. The first-order valence-electron chi connectivity index (χ1n) is 2.50. The quantitative estimate of drug-likeness (QED) is 0.340. The Bertz CT molecular complexity index is 90.4. The van der Waals surface area contributed by atoms with Crippen LogP contribution < -0.4 is 0 Å². The molecule has 0 aliphatic rings. The van der Waals surface area contributed by atoms with Crippen LogP contribution in [0.2, 0.25) is 0 Å². The highest BCUT2D eigenvalue weighted by molar-refractivity contribution is 7.80. The van der Waals surface area contributed by atoms with Crippen LogP contribution in [0.15, 0.2) is 0 Å². The molecule has 0 aliphatic carbocycles. The molecular weight excluding hydrogens is 120 g/mol. The molecule has 0 radical (unpaired) electrons. The number of hydrogen-bond donors (Lipinski definition) is 1. The summed E-state index contributed by atoms with van der Waals surface area (Å²) < 4.78 is 4.97. The minimum atomic E-state index is 0.539. The molecule has 1 nitrogen and oxygen atoms in total. The van der Waals surface area contributed by atoms with Crippen molar-refractivity contribution in [3.8, 4) is 11.8 Å². The third-order valence-electron chi connectivity index (χ3n) is 0.587. The largest absolute Gasteiger partial charge is 0.368 e. The second-order valence-electron chi connectivity index (χ2n) is 1.20. The molecule has 0 heterocycles. The van der Waals surface area contributed by atoms with E-state index in [-0.39, 0.29) is 0 Å². The van der Waals surface area contributed by atoms with Crippen molar-refractivity contribution in [3.05, 3.63) is 0 Å². The predicted octanol–water partition coefficient (Wildman–Crippen LogP) is 0.956. The van der Waals surface area contributed by atoms with Gasteiger partial charge < -0.3 is 4.74 Å². The molecule has 0 bridgehead atoms. The SMILES string of the molecule is CC#CCOCCS. The number of ether oxygens (including phenoxy) is 1. The van der Waals surface area contributed by atoms with Crippen molar-refractivity contribution >= 4 is 12.6 Å². The van der Waals surface area contributed by atoms with Crippen molar-refractivity contribution < 1.29 is 4.74 Å². The molecule has 8 heavy (non-hydrogen) atoms. The monoisotopic (exact) mass is 130 g/mol. The van der Waals surface area contributed by atoms with Gasteiger partial charge in [0.2, 0.25) is 0 Å². The van der Waals surface area contributed by atoms with Crippen LogP contribution >= 0.6 is 12.6 Å². The fourth-order valence-electron chi connectivity index (χ4n) is 0.260. The van der Waals surface area contributed by atoms with Gasteiger partial charge in [-0.1, -0.05) is 5.92 Å². The first-order valence-corrected chi connectivity index (χ1v) is 3.13. The zero-order valence-corrected chi connectivity index (χ0v) is 5.87. The molecule has 0 atom stereocenters. The maximum absolute atomic E-state index is 4.97. The van der Waals surface area contributed by atoms with Gasteiger partial charge in [-0.15, -0.1) is 5.92 Å². The number of thiol groups is 1. The second-order valence-corrected chi connectivity index (χ2v) is 1.65. The number of hydrogen-bond acceptors (Lipinski definition) is 2. The fourth-order valence-corrected chi connectivity index (χ4v) is 0.389. The van der Waals surface area contributed by atoms with E-state index in [0.29, 0.717) is 13.2 Å². The normalized spacial score (nSPS) is 7.75. The van der Waals surface area contributed by atoms with Gasteiger partial charge in [-0.25, -0.2) is 0 Å². The molecule has 0 aromatic rings. The third-order valence-corrected chi connectivity index (χ3v) is 0.769. The van der Waals surface area contributed by atoms with Crippen molar-refractivity contribution in [2.24, 2.45) is 0 Å². The van der Waals surface area contributed by atoms with E-state index in [1.165, 1.54) is 0 Å². The molecule has 0 aliphatic heterocycles.